The van der Waals surface area contributed by atoms with Gasteiger partial charge in [0.2, 0.25) is 0 Å². The van der Waals surface area contributed by atoms with E-state index < -0.39 is 11.9 Å². The maximum atomic E-state index is 11.3. The van der Waals surface area contributed by atoms with Gasteiger partial charge in [-0.1, -0.05) is 24.3 Å². The van der Waals surface area contributed by atoms with Crippen LogP contribution in [-0.4, -0.2) is 19.0 Å². The Kier molecular flexibility index (Phi) is 4.12. The molecular weight excluding hydrogens is 272 g/mol. The third kappa shape index (κ3) is 2.81. The number of fused-ring (bicyclic) bond motifs is 1. The number of ether oxygens (including phenoxy) is 3. The monoisotopic (exact) mass is 288 g/mol. The van der Waals surface area contributed by atoms with Gasteiger partial charge in [0.15, 0.2) is 11.5 Å². The van der Waals surface area contributed by atoms with E-state index >= 15 is 0 Å². The van der Waals surface area contributed by atoms with E-state index in [0.717, 1.165) is 0 Å². The Hall–Kier alpha value is -2.56. The molecule has 5 heteroatoms. The summed E-state index contributed by atoms with van der Waals surface area (Å²) in [6.07, 6.45) is 0. The van der Waals surface area contributed by atoms with Crippen LogP contribution >= 0.6 is 0 Å². The molecular formula is C16H16O5. The molecule has 2 rings (SSSR count). The molecule has 0 unspecified atom stereocenters. The highest BCUT2D eigenvalue weighted by Gasteiger charge is 2.21. The third-order valence-corrected chi connectivity index (χ3v) is 3.00. The Morgan fingerprint density at radius 1 is 0.857 bits per heavy atom. The predicted molar refractivity (Wildman–Crippen MR) is 77.9 cm³/mol. The molecule has 2 aromatic rings. The van der Waals surface area contributed by atoms with Crippen LogP contribution in [-0.2, 0) is 9.59 Å². The lowest BCUT2D eigenvalue weighted by molar-refractivity contribution is -0.133. The van der Waals surface area contributed by atoms with Crippen LogP contribution in [0.1, 0.15) is 19.4 Å². The second-order valence-electron chi connectivity index (χ2n) is 4.55. The highest BCUT2D eigenvalue weighted by atomic mass is 16.6. The van der Waals surface area contributed by atoms with Crippen LogP contribution in [0.25, 0.3) is 10.8 Å². The van der Waals surface area contributed by atoms with E-state index in [-0.39, 0.29) is 0 Å². The topological polar surface area (TPSA) is 61.8 Å². The normalized spacial score (nSPS) is 10.3. The van der Waals surface area contributed by atoms with Crippen molar-refractivity contribution in [1.82, 2.24) is 0 Å². The van der Waals surface area contributed by atoms with Crippen LogP contribution in [0.2, 0.25) is 0 Å². The van der Waals surface area contributed by atoms with Crippen molar-refractivity contribution in [2.75, 3.05) is 7.11 Å². The van der Waals surface area contributed by atoms with Crippen LogP contribution in [0.3, 0.4) is 0 Å². The van der Waals surface area contributed by atoms with Gasteiger partial charge in [-0.3, -0.25) is 9.59 Å². The van der Waals surface area contributed by atoms with Gasteiger partial charge in [0, 0.05) is 30.2 Å². The minimum Gasteiger partial charge on any atom is -0.492 e. The summed E-state index contributed by atoms with van der Waals surface area (Å²) in [4.78, 5) is 22.7. The number of hydrogen-bond donors (Lipinski definition) is 0. The van der Waals surface area contributed by atoms with E-state index in [4.69, 9.17) is 14.2 Å². The molecule has 0 radical (unpaired) electrons. The molecule has 0 amide bonds. The molecule has 0 saturated carbocycles. The maximum Gasteiger partial charge on any atom is 0.308 e. The van der Waals surface area contributed by atoms with E-state index in [9.17, 15) is 9.59 Å². The first kappa shape index (κ1) is 14.8. The third-order valence-electron chi connectivity index (χ3n) is 3.00. The average molecular weight is 288 g/mol. The molecule has 0 aliphatic carbocycles. The van der Waals surface area contributed by atoms with Crippen molar-refractivity contribution in [1.29, 1.82) is 0 Å². The van der Waals surface area contributed by atoms with Gasteiger partial charge in [0.1, 0.15) is 5.75 Å². The lowest BCUT2D eigenvalue weighted by Gasteiger charge is -2.17. The Morgan fingerprint density at radius 2 is 1.33 bits per heavy atom. The van der Waals surface area contributed by atoms with Crippen molar-refractivity contribution in [3.8, 4) is 17.2 Å². The van der Waals surface area contributed by atoms with Crippen LogP contribution in [0.15, 0.2) is 24.3 Å². The number of rotatable bonds is 3. The first-order valence-electron chi connectivity index (χ1n) is 6.41. The fourth-order valence-electron chi connectivity index (χ4n) is 2.24. The zero-order chi connectivity index (χ0) is 15.6. The second-order valence-corrected chi connectivity index (χ2v) is 4.55. The predicted octanol–water partition coefficient (Wildman–Crippen LogP) is 3.01. The van der Waals surface area contributed by atoms with Crippen molar-refractivity contribution in [2.24, 2.45) is 0 Å². The zero-order valence-corrected chi connectivity index (χ0v) is 12.4. The number of benzene rings is 2. The minimum absolute atomic E-state index is 0.328. The quantitative estimate of drug-likeness (QED) is 0.641. The molecule has 2 aromatic carbocycles. The van der Waals surface area contributed by atoms with Crippen molar-refractivity contribution >= 4 is 22.7 Å². The summed E-state index contributed by atoms with van der Waals surface area (Å²) >= 11 is 0. The summed E-state index contributed by atoms with van der Waals surface area (Å²) in [5, 5.41) is 1.33. The molecule has 0 bridgehead atoms. The molecule has 0 saturated heterocycles. The maximum absolute atomic E-state index is 11.3. The number of carbonyl (C=O) groups excluding carboxylic acids is 2. The van der Waals surface area contributed by atoms with Crippen LogP contribution in [0.5, 0.6) is 17.2 Å². The van der Waals surface area contributed by atoms with Gasteiger partial charge < -0.3 is 14.2 Å². The summed E-state index contributed by atoms with van der Waals surface area (Å²) in [5.41, 5.74) is 0.600. The van der Waals surface area contributed by atoms with E-state index in [0.29, 0.717) is 33.6 Å². The van der Waals surface area contributed by atoms with E-state index in [1.54, 1.807) is 19.1 Å². The zero-order valence-electron chi connectivity index (χ0n) is 12.4. The molecule has 0 N–H and O–H groups in total. The van der Waals surface area contributed by atoms with E-state index in [2.05, 4.69) is 0 Å². The Labute approximate surface area is 122 Å². The Balaban J connectivity index is 2.84. The van der Waals surface area contributed by atoms with Gasteiger partial charge in [-0.05, 0) is 6.92 Å². The smallest absolute Gasteiger partial charge is 0.308 e. The second kappa shape index (κ2) is 5.83. The number of methoxy groups -OCH3 is 1. The van der Waals surface area contributed by atoms with Gasteiger partial charge in [-0.2, -0.15) is 0 Å². The standard InChI is InChI=1S/C16H16O5/c1-9-14(20-10(2)17)12-7-5-6-8-13(12)16(15(9)19-4)21-11(3)18/h5-8H,1-4H3. The molecule has 0 spiro atoms. The fourth-order valence-corrected chi connectivity index (χ4v) is 2.24. The molecule has 21 heavy (non-hydrogen) atoms. The first-order valence-corrected chi connectivity index (χ1v) is 6.41. The highest BCUT2D eigenvalue weighted by Crippen LogP contribution is 2.45. The van der Waals surface area contributed by atoms with Crippen LogP contribution < -0.4 is 14.2 Å². The average Bonchev–Trinajstić information content (AvgIpc) is 2.43. The largest absolute Gasteiger partial charge is 0.492 e. The molecule has 0 fully saturated rings. The lowest BCUT2D eigenvalue weighted by Crippen LogP contribution is -2.08. The van der Waals surface area contributed by atoms with Gasteiger partial charge in [0.25, 0.3) is 0 Å². The minimum atomic E-state index is -0.446. The van der Waals surface area contributed by atoms with Gasteiger partial charge in [-0.15, -0.1) is 0 Å². The van der Waals surface area contributed by atoms with Crippen LogP contribution in [0, 0.1) is 6.92 Å². The number of esters is 2. The van der Waals surface area contributed by atoms with Crippen LogP contribution in [0.4, 0.5) is 0 Å². The first-order chi connectivity index (χ1) is 9.95. The Morgan fingerprint density at radius 3 is 1.81 bits per heavy atom. The van der Waals surface area contributed by atoms with Crippen molar-refractivity contribution in [3.63, 3.8) is 0 Å². The van der Waals surface area contributed by atoms with Gasteiger partial charge in [-0.25, -0.2) is 0 Å². The molecule has 110 valence electrons. The molecule has 0 heterocycles. The fraction of sp³-hybridized carbons (Fsp3) is 0.250. The molecule has 0 atom stereocenters. The molecule has 0 aliphatic rings. The van der Waals surface area contributed by atoms with E-state index in [1.807, 2.05) is 12.1 Å². The molecule has 5 nitrogen and oxygen atoms in total. The number of hydrogen-bond acceptors (Lipinski definition) is 5. The lowest BCUT2D eigenvalue weighted by atomic mass is 10.0. The van der Waals surface area contributed by atoms with E-state index in [1.165, 1.54) is 21.0 Å². The summed E-state index contributed by atoms with van der Waals surface area (Å²) in [6, 6.07) is 7.20. The van der Waals surface area contributed by atoms with Gasteiger partial charge in [0.05, 0.1) is 7.11 Å². The Bertz CT molecular complexity index is 718. The number of carbonyl (C=O) groups is 2. The molecule has 0 aliphatic heterocycles. The van der Waals surface area contributed by atoms with Crippen molar-refractivity contribution < 1.29 is 23.8 Å². The molecule has 0 aromatic heterocycles. The highest BCUT2D eigenvalue weighted by molar-refractivity contribution is 5.99. The van der Waals surface area contributed by atoms with Gasteiger partial charge >= 0.3 is 11.9 Å². The van der Waals surface area contributed by atoms with Crippen molar-refractivity contribution in [3.05, 3.63) is 29.8 Å². The van der Waals surface area contributed by atoms with Crippen molar-refractivity contribution in [2.45, 2.75) is 20.8 Å². The SMILES string of the molecule is COc1c(C)c(OC(C)=O)c2ccccc2c1OC(C)=O. The summed E-state index contributed by atoms with van der Waals surface area (Å²) < 4.78 is 15.9. The summed E-state index contributed by atoms with van der Waals surface area (Å²) in [7, 11) is 1.47. The summed E-state index contributed by atoms with van der Waals surface area (Å²) in [5.74, 6) is 0.239. The summed E-state index contributed by atoms with van der Waals surface area (Å²) in [6.45, 7) is 4.40.